The van der Waals surface area contributed by atoms with Crippen molar-refractivity contribution in [3.05, 3.63) is 70.2 Å². The number of carbonyl (C=O) groups excluding carboxylic acids is 1. The Morgan fingerprint density at radius 3 is 2.55 bits per heavy atom. The number of rotatable bonds is 4. The summed E-state index contributed by atoms with van der Waals surface area (Å²) in [5, 5.41) is 8.62. The molecule has 2 aromatic carbocycles. The molecular weight excluding hydrogens is 293 g/mol. The van der Waals surface area contributed by atoms with Crippen molar-refractivity contribution in [2.75, 3.05) is 0 Å². The molecular formula is C16H11Cl2NO. The first-order chi connectivity index (χ1) is 9.61. The van der Waals surface area contributed by atoms with Crippen LogP contribution in [0.15, 0.2) is 48.5 Å². The maximum Gasteiger partial charge on any atom is 0.193 e. The highest BCUT2D eigenvalue weighted by atomic mass is 35.5. The fraction of sp³-hybridized carbons (Fsp3) is 0.125. The summed E-state index contributed by atoms with van der Waals surface area (Å²) in [7, 11) is 0. The normalized spacial score (nSPS) is 11.7. The Labute approximate surface area is 127 Å². The van der Waals surface area contributed by atoms with Gasteiger partial charge in [0.2, 0.25) is 0 Å². The van der Waals surface area contributed by atoms with E-state index in [1.807, 2.05) is 12.1 Å². The summed E-state index contributed by atoms with van der Waals surface area (Å²) in [6, 6.07) is 16.0. The van der Waals surface area contributed by atoms with E-state index in [2.05, 4.69) is 0 Å². The van der Waals surface area contributed by atoms with Gasteiger partial charge in [-0.3, -0.25) is 4.79 Å². The Morgan fingerprint density at radius 1 is 1.20 bits per heavy atom. The minimum atomic E-state index is -0.668. The lowest BCUT2D eigenvalue weighted by molar-refractivity contribution is 0.103. The molecule has 0 spiro atoms. The van der Waals surface area contributed by atoms with E-state index in [0.29, 0.717) is 22.6 Å². The number of ketones is 1. The van der Waals surface area contributed by atoms with Crippen LogP contribution < -0.4 is 0 Å². The third kappa shape index (κ3) is 3.39. The van der Waals surface area contributed by atoms with E-state index in [0.717, 1.165) is 5.56 Å². The lowest BCUT2D eigenvalue weighted by atomic mass is 9.96. The van der Waals surface area contributed by atoms with Crippen LogP contribution in [0, 0.1) is 11.3 Å². The molecule has 0 aliphatic heterocycles. The molecule has 0 fully saturated rings. The first-order valence-corrected chi connectivity index (χ1v) is 6.85. The topological polar surface area (TPSA) is 40.9 Å². The number of nitrogens with zero attached hydrogens (tertiary/aromatic N) is 1. The first-order valence-electron chi connectivity index (χ1n) is 6.03. The highest BCUT2D eigenvalue weighted by Gasteiger charge is 2.16. The second kappa shape index (κ2) is 6.56. The molecule has 0 heterocycles. The number of hydrogen-bond acceptors (Lipinski definition) is 2. The van der Waals surface area contributed by atoms with Crippen LogP contribution in [0.2, 0.25) is 5.02 Å². The first kappa shape index (κ1) is 14.6. The number of nitriles is 1. The van der Waals surface area contributed by atoms with E-state index in [4.69, 9.17) is 28.5 Å². The minimum Gasteiger partial charge on any atom is -0.289 e. The van der Waals surface area contributed by atoms with Gasteiger partial charge in [0, 0.05) is 22.6 Å². The van der Waals surface area contributed by atoms with Crippen LogP contribution in [-0.2, 0) is 6.42 Å². The Morgan fingerprint density at radius 2 is 1.90 bits per heavy atom. The Hall–Kier alpha value is -1.82. The van der Waals surface area contributed by atoms with E-state index in [-0.39, 0.29) is 5.78 Å². The highest BCUT2D eigenvalue weighted by Crippen LogP contribution is 2.22. The fourth-order valence-corrected chi connectivity index (χ4v) is 2.26. The molecule has 0 aliphatic rings. The molecule has 0 aromatic heterocycles. The zero-order valence-corrected chi connectivity index (χ0v) is 12.0. The second-order valence-corrected chi connectivity index (χ2v) is 5.26. The molecule has 0 aliphatic carbocycles. The molecule has 2 rings (SSSR count). The average molecular weight is 304 g/mol. The van der Waals surface area contributed by atoms with Crippen LogP contribution in [0.3, 0.4) is 0 Å². The summed E-state index contributed by atoms with van der Waals surface area (Å²) in [4.78, 5) is 12.5. The van der Waals surface area contributed by atoms with Crippen LogP contribution in [0.25, 0.3) is 0 Å². The van der Waals surface area contributed by atoms with Gasteiger partial charge >= 0.3 is 0 Å². The number of halogens is 2. The van der Waals surface area contributed by atoms with Crippen LogP contribution in [0.1, 0.15) is 21.5 Å². The SMILES string of the molecule is N#CC(Cl)Cc1ccc(Cl)cc1C(=O)c1ccccc1. The van der Waals surface area contributed by atoms with Gasteiger partial charge in [0.25, 0.3) is 0 Å². The van der Waals surface area contributed by atoms with Crippen LogP contribution in [-0.4, -0.2) is 11.2 Å². The largest absolute Gasteiger partial charge is 0.289 e. The van der Waals surface area contributed by atoms with Gasteiger partial charge in [0.1, 0.15) is 5.38 Å². The van der Waals surface area contributed by atoms with E-state index in [1.54, 1.807) is 42.5 Å². The summed E-state index contributed by atoms with van der Waals surface area (Å²) >= 11 is 11.8. The maximum atomic E-state index is 12.5. The maximum absolute atomic E-state index is 12.5. The molecule has 100 valence electrons. The average Bonchev–Trinajstić information content (AvgIpc) is 2.49. The summed E-state index contributed by atoms with van der Waals surface area (Å²) < 4.78 is 0. The van der Waals surface area contributed by atoms with Crippen molar-refractivity contribution in [3.63, 3.8) is 0 Å². The summed E-state index contributed by atoms with van der Waals surface area (Å²) in [5.74, 6) is -0.120. The summed E-state index contributed by atoms with van der Waals surface area (Å²) in [6.45, 7) is 0. The van der Waals surface area contributed by atoms with Crippen molar-refractivity contribution in [2.24, 2.45) is 0 Å². The lowest BCUT2D eigenvalue weighted by Crippen LogP contribution is -2.09. The monoisotopic (exact) mass is 303 g/mol. The summed E-state index contributed by atoms with van der Waals surface area (Å²) in [6.07, 6.45) is 0.309. The van der Waals surface area contributed by atoms with E-state index >= 15 is 0 Å². The zero-order chi connectivity index (χ0) is 14.5. The molecule has 0 N–H and O–H groups in total. The standard InChI is InChI=1S/C16H11Cl2NO/c17-13-7-6-12(8-14(18)10-19)15(9-13)16(20)11-4-2-1-3-5-11/h1-7,9,14H,8H2. The van der Waals surface area contributed by atoms with Gasteiger partial charge in [-0.1, -0.05) is 48.0 Å². The lowest BCUT2D eigenvalue weighted by Gasteiger charge is -2.10. The molecule has 2 nitrogen and oxygen atoms in total. The molecule has 1 atom stereocenters. The molecule has 0 saturated heterocycles. The van der Waals surface area contributed by atoms with E-state index < -0.39 is 5.38 Å². The molecule has 2 aromatic rings. The second-order valence-electron chi connectivity index (χ2n) is 4.30. The smallest absolute Gasteiger partial charge is 0.193 e. The predicted molar refractivity (Wildman–Crippen MR) is 80.3 cm³/mol. The highest BCUT2D eigenvalue weighted by molar-refractivity contribution is 6.31. The minimum absolute atomic E-state index is 0.120. The third-order valence-corrected chi connectivity index (χ3v) is 3.38. The van der Waals surface area contributed by atoms with Crippen LogP contribution in [0.4, 0.5) is 0 Å². The summed E-state index contributed by atoms with van der Waals surface area (Å²) in [5.41, 5.74) is 1.80. The predicted octanol–water partition coefficient (Wildman–Crippen LogP) is 4.24. The van der Waals surface area contributed by atoms with Gasteiger partial charge in [-0.25, -0.2) is 0 Å². The van der Waals surface area contributed by atoms with Gasteiger partial charge in [-0.15, -0.1) is 11.6 Å². The van der Waals surface area contributed by atoms with Gasteiger partial charge in [0.05, 0.1) is 6.07 Å². The van der Waals surface area contributed by atoms with E-state index in [1.165, 1.54) is 0 Å². The van der Waals surface area contributed by atoms with E-state index in [9.17, 15) is 4.79 Å². The quantitative estimate of drug-likeness (QED) is 0.626. The molecule has 0 radical (unpaired) electrons. The van der Waals surface area contributed by atoms with Gasteiger partial charge < -0.3 is 0 Å². The van der Waals surface area contributed by atoms with Crippen molar-refractivity contribution in [3.8, 4) is 6.07 Å². The number of benzene rings is 2. The van der Waals surface area contributed by atoms with Crippen molar-refractivity contribution in [1.82, 2.24) is 0 Å². The molecule has 4 heteroatoms. The Bertz CT molecular complexity index is 662. The third-order valence-electron chi connectivity index (χ3n) is 2.89. The molecule has 0 saturated carbocycles. The zero-order valence-electron chi connectivity index (χ0n) is 10.5. The van der Waals surface area contributed by atoms with Crippen molar-refractivity contribution in [2.45, 2.75) is 11.8 Å². The van der Waals surface area contributed by atoms with Crippen LogP contribution in [0.5, 0.6) is 0 Å². The number of alkyl halides is 1. The van der Waals surface area contributed by atoms with Crippen molar-refractivity contribution < 1.29 is 4.79 Å². The van der Waals surface area contributed by atoms with Gasteiger partial charge in [-0.2, -0.15) is 5.26 Å². The Kier molecular flexibility index (Phi) is 4.79. The number of carbonyl (C=O) groups is 1. The van der Waals surface area contributed by atoms with Crippen molar-refractivity contribution in [1.29, 1.82) is 5.26 Å². The van der Waals surface area contributed by atoms with Crippen LogP contribution >= 0.6 is 23.2 Å². The molecule has 1 unspecified atom stereocenters. The fourth-order valence-electron chi connectivity index (χ4n) is 1.92. The molecule has 20 heavy (non-hydrogen) atoms. The van der Waals surface area contributed by atoms with Crippen molar-refractivity contribution >= 4 is 29.0 Å². The number of hydrogen-bond donors (Lipinski definition) is 0. The van der Waals surface area contributed by atoms with Gasteiger partial charge in [-0.05, 0) is 17.7 Å². The molecule has 0 bridgehead atoms. The Balaban J connectivity index is 2.42. The molecule has 0 amide bonds. The van der Waals surface area contributed by atoms with Gasteiger partial charge in [0.15, 0.2) is 5.78 Å².